The molecule has 0 fully saturated rings. The SMILES string of the molecule is COC(=O)[C@@H]1C=CCOc2ccc(cc2)C[C@H]([B]OC=N)C(=O)N[C@@H](CC(C)C)C(=O)C1. The molecule has 32 heavy (non-hydrogen) atoms. The Labute approximate surface area is 189 Å². The topological polar surface area (TPSA) is 115 Å². The molecule has 0 spiro atoms. The van der Waals surface area contributed by atoms with Gasteiger partial charge in [-0.3, -0.25) is 19.8 Å². The summed E-state index contributed by atoms with van der Waals surface area (Å²) in [6, 6.07) is 6.52. The normalized spacial score (nSPS) is 22.1. The van der Waals surface area contributed by atoms with Crippen LogP contribution in [0.15, 0.2) is 36.4 Å². The summed E-state index contributed by atoms with van der Waals surface area (Å²) in [5.74, 6) is -1.88. The summed E-state index contributed by atoms with van der Waals surface area (Å²) >= 11 is 0. The fourth-order valence-electron chi connectivity index (χ4n) is 3.44. The minimum atomic E-state index is -0.776. The van der Waals surface area contributed by atoms with Gasteiger partial charge in [-0.15, -0.1) is 0 Å². The van der Waals surface area contributed by atoms with Crippen LogP contribution in [0.1, 0.15) is 32.3 Å². The van der Waals surface area contributed by atoms with Crippen molar-refractivity contribution in [1.29, 1.82) is 5.41 Å². The Kier molecular flexibility index (Phi) is 9.98. The number of methoxy groups -OCH3 is 1. The van der Waals surface area contributed by atoms with Gasteiger partial charge in [-0.25, -0.2) is 0 Å². The van der Waals surface area contributed by atoms with E-state index in [1.54, 1.807) is 24.3 Å². The molecule has 2 heterocycles. The molecule has 1 radical (unpaired) electrons. The molecule has 1 amide bonds. The summed E-state index contributed by atoms with van der Waals surface area (Å²) in [7, 11) is 2.56. The number of carbonyl (C=O) groups excluding carboxylic acids is 3. The maximum absolute atomic E-state index is 13.1. The second-order valence-corrected chi connectivity index (χ2v) is 8.07. The van der Waals surface area contributed by atoms with Crippen molar-refractivity contribution in [1.82, 2.24) is 5.32 Å². The number of ether oxygens (including phenoxy) is 2. The van der Waals surface area contributed by atoms with E-state index in [9.17, 15) is 14.4 Å². The maximum atomic E-state index is 13.1. The number of amides is 1. The van der Waals surface area contributed by atoms with Crippen LogP contribution in [-0.2, 0) is 30.2 Å². The highest BCUT2D eigenvalue weighted by atomic mass is 16.5. The molecule has 8 nitrogen and oxygen atoms in total. The fraction of sp³-hybridized carbons (Fsp3) is 0.478. The predicted octanol–water partition coefficient (Wildman–Crippen LogP) is 2.49. The first kappa shape index (κ1) is 25.2. The first-order valence-electron chi connectivity index (χ1n) is 10.6. The minimum Gasteiger partial charge on any atom is -0.555 e. The third-order valence-corrected chi connectivity index (χ3v) is 5.08. The predicted molar refractivity (Wildman–Crippen MR) is 121 cm³/mol. The highest BCUT2D eigenvalue weighted by Gasteiger charge is 2.30. The zero-order valence-electron chi connectivity index (χ0n) is 18.7. The fourth-order valence-corrected chi connectivity index (χ4v) is 3.44. The van der Waals surface area contributed by atoms with Crippen molar-refractivity contribution in [3.05, 3.63) is 42.0 Å². The Balaban J connectivity index is 2.37. The summed E-state index contributed by atoms with van der Waals surface area (Å²) in [6.07, 6.45) is 4.69. The van der Waals surface area contributed by atoms with Gasteiger partial charge in [0.1, 0.15) is 18.8 Å². The first-order valence-corrected chi connectivity index (χ1v) is 10.6. The molecule has 1 aromatic carbocycles. The third-order valence-electron chi connectivity index (χ3n) is 5.08. The number of Topliss-reactive ketones (excluding diaryl/α,β-unsaturated/α-hetero) is 1. The molecule has 171 valence electrons. The lowest BCUT2D eigenvalue weighted by atomic mass is 9.75. The van der Waals surface area contributed by atoms with Gasteiger partial charge in [0.2, 0.25) is 5.91 Å². The van der Waals surface area contributed by atoms with Crippen LogP contribution in [0.2, 0.25) is 5.82 Å². The molecular formula is C23H30BN2O6. The van der Waals surface area contributed by atoms with Gasteiger partial charge in [-0.2, -0.15) is 0 Å². The number of rotatable bonds is 6. The van der Waals surface area contributed by atoms with Crippen LogP contribution >= 0.6 is 0 Å². The van der Waals surface area contributed by atoms with Gasteiger partial charge in [-0.05, 0) is 36.5 Å². The van der Waals surface area contributed by atoms with E-state index in [2.05, 4.69) is 5.32 Å². The van der Waals surface area contributed by atoms with E-state index in [1.165, 1.54) is 14.6 Å². The van der Waals surface area contributed by atoms with Crippen LogP contribution in [-0.4, -0.2) is 51.3 Å². The highest BCUT2D eigenvalue weighted by molar-refractivity contribution is 6.39. The molecule has 0 saturated heterocycles. The quantitative estimate of drug-likeness (QED) is 0.231. The van der Waals surface area contributed by atoms with Crippen molar-refractivity contribution in [2.24, 2.45) is 11.8 Å². The van der Waals surface area contributed by atoms with Gasteiger partial charge in [-0.1, -0.05) is 38.1 Å². The molecule has 0 aromatic heterocycles. The third kappa shape index (κ3) is 7.87. The standard InChI is InChI=1S/C23H30BN2O6/c1-15(2)11-20-21(27)13-17(23(29)30-3)5-4-10-31-18-8-6-16(7-9-18)12-19(22(28)26-20)24-32-14-25/h4-9,14-15,17,19-20,25H,10-13H2,1-3H3,(H,26,28)/t17-,19+,20+/m1/s1. The van der Waals surface area contributed by atoms with Gasteiger partial charge in [0.25, 0.3) is 0 Å². The van der Waals surface area contributed by atoms with Crippen molar-refractivity contribution in [3.63, 3.8) is 0 Å². The number of carbonyl (C=O) groups is 3. The smallest absolute Gasteiger partial charge is 0.384 e. The van der Waals surface area contributed by atoms with Gasteiger partial charge in [0.15, 0.2) is 5.78 Å². The number of benzene rings is 1. The van der Waals surface area contributed by atoms with E-state index in [4.69, 9.17) is 19.5 Å². The van der Waals surface area contributed by atoms with Gasteiger partial charge in [0, 0.05) is 6.42 Å². The lowest BCUT2D eigenvalue weighted by Gasteiger charge is -2.24. The number of nitrogens with one attached hydrogen (secondary N) is 2. The van der Waals surface area contributed by atoms with Gasteiger partial charge in [0.05, 0.1) is 24.9 Å². The second kappa shape index (κ2) is 12.7. The Morgan fingerprint density at radius 1 is 1.28 bits per heavy atom. The molecular weight excluding hydrogens is 411 g/mol. The van der Waals surface area contributed by atoms with Crippen LogP contribution in [0.3, 0.4) is 0 Å². The Bertz CT molecular complexity index is 824. The Hall–Kier alpha value is -3.10. The molecule has 2 aliphatic heterocycles. The molecule has 9 heteroatoms. The molecule has 0 unspecified atom stereocenters. The lowest BCUT2D eigenvalue weighted by Crippen LogP contribution is -2.45. The second-order valence-electron chi connectivity index (χ2n) is 8.07. The highest BCUT2D eigenvalue weighted by Crippen LogP contribution is 2.20. The monoisotopic (exact) mass is 441 g/mol. The first-order chi connectivity index (χ1) is 15.3. The summed E-state index contributed by atoms with van der Waals surface area (Å²) in [5.41, 5.74) is 0.877. The molecule has 3 rings (SSSR count). The number of fused-ring (bicyclic) bond motifs is 12. The number of esters is 1. The van der Waals surface area contributed by atoms with E-state index in [0.717, 1.165) is 12.0 Å². The summed E-state index contributed by atoms with van der Waals surface area (Å²) in [5, 5.41) is 9.94. The average Bonchev–Trinajstić information content (AvgIpc) is 2.77. The van der Waals surface area contributed by atoms with E-state index in [1.807, 2.05) is 26.0 Å². The Morgan fingerprint density at radius 3 is 2.62 bits per heavy atom. The van der Waals surface area contributed by atoms with Gasteiger partial charge >= 0.3 is 13.5 Å². The van der Waals surface area contributed by atoms with Crippen molar-refractivity contribution in [2.45, 2.75) is 45.0 Å². The zero-order chi connectivity index (χ0) is 23.5. The minimum absolute atomic E-state index is 0.0973. The van der Waals surface area contributed by atoms with Gasteiger partial charge < -0.3 is 19.4 Å². The number of hydrogen-bond donors (Lipinski definition) is 2. The van der Waals surface area contributed by atoms with E-state index in [-0.39, 0.29) is 30.6 Å². The van der Waals surface area contributed by atoms with Crippen molar-refractivity contribution >= 4 is 31.5 Å². The number of ketones is 1. The van der Waals surface area contributed by atoms with Crippen LogP contribution in [0, 0.1) is 17.2 Å². The van der Waals surface area contributed by atoms with Crippen LogP contribution < -0.4 is 10.1 Å². The molecule has 2 N–H and O–H groups in total. The van der Waals surface area contributed by atoms with Crippen LogP contribution in [0.5, 0.6) is 5.75 Å². The summed E-state index contributed by atoms with van der Waals surface area (Å²) < 4.78 is 15.5. The van der Waals surface area contributed by atoms with Crippen molar-refractivity contribution in [3.8, 4) is 5.75 Å². The molecule has 3 atom stereocenters. The molecule has 2 bridgehead atoms. The molecule has 1 aromatic rings. The van der Waals surface area contributed by atoms with E-state index in [0.29, 0.717) is 18.6 Å². The van der Waals surface area contributed by atoms with Crippen LogP contribution in [0.4, 0.5) is 0 Å². The lowest BCUT2D eigenvalue weighted by molar-refractivity contribution is -0.145. The summed E-state index contributed by atoms with van der Waals surface area (Å²) in [6.45, 7) is 4.14. The van der Waals surface area contributed by atoms with E-state index < -0.39 is 23.7 Å². The van der Waals surface area contributed by atoms with Crippen molar-refractivity contribution < 1.29 is 28.5 Å². The van der Waals surface area contributed by atoms with Crippen molar-refractivity contribution in [2.75, 3.05) is 13.7 Å². The molecule has 0 aliphatic carbocycles. The van der Waals surface area contributed by atoms with E-state index >= 15 is 0 Å². The Morgan fingerprint density at radius 2 is 2.00 bits per heavy atom. The molecule has 0 saturated carbocycles. The van der Waals surface area contributed by atoms with Crippen LogP contribution in [0.25, 0.3) is 0 Å². The average molecular weight is 441 g/mol. The zero-order valence-corrected chi connectivity index (χ0v) is 18.7. The largest absolute Gasteiger partial charge is 0.555 e. The summed E-state index contributed by atoms with van der Waals surface area (Å²) in [4.78, 5) is 38.3. The molecule has 2 aliphatic rings. The number of hydrogen-bond acceptors (Lipinski definition) is 7. The maximum Gasteiger partial charge on any atom is 0.384 e.